The predicted molar refractivity (Wildman–Crippen MR) is 79.2 cm³/mol. The summed E-state index contributed by atoms with van der Waals surface area (Å²) >= 11 is 3.42. The molecular weight excluding hydrogens is 306 g/mol. The molecule has 1 aromatic carbocycles. The molecule has 1 saturated carbocycles. The van der Waals surface area contributed by atoms with Crippen molar-refractivity contribution in [3.8, 4) is 0 Å². The van der Waals surface area contributed by atoms with E-state index in [1.165, 1.54) is 0 Å². The normalized spacial score (nSPS) is 23.1. The third kappa shape index (κ3) is 4.05. The summed E-state index contributed by atoms with van der Waals surface area (Å²) < 4.78 is 0.827. The first kappa shape index (κ1) is 14.5. The second-order valence-corrected chi connectivity index (χ2v) is 6.23. The highest BCUT2D eigenvalue weighted by Crippen LogP contribution is 2.24. The number of aliphatic hydroxyl groups excluding tert-OH is 1. The Morgan fingerprint density at radius 1 is 1.47 bits per heavy atom. The number of aryl methyl sites for hydroxylation is 1. The summed E-state index contributed by atoms with van der Waals surface area (Å²) in [7, 11) is 0. The number of benzene rings is 1. The molecule has 2 atom stereocenters. The van der Waals surface area contributed by atoms with Gasteiger partial charge < -0.3 is 10.4 Å². The third-order valence-corrected chi connectivity index (χ3v) is 4.33. The van der Waals surface area contributed by atoms with Crippen LogP contribution in [0.2, 0.25) is 0 Å². The second kappa shape index (κ2) is 6.53. The van der Waals surface area contributed by atoms with E-state index in [0.717, 1.165) is 35.7 Å². The van der Waals surface area contributed by atoms with Crippen molar-refractivity contribution in [3.05, 3.63) is 33.8 Å². The fraction of sp³-hybridized carbons (Fsp3) is 0.533. The summed E-state index contributed by atoms with van der Waals surface area (Å²) in [6, 6.07) is 5.72. The Labute approximate surface area is 122 Å². The second-order valence-electron chi connectivity index (χ2n) is 5.38. The van der Waals surface area contributed by atoms with Gasteiger partial charge in [-0.25, -0.2) is 0 Å². The maximum atomic E-state index is 12.1. The van der Waals surface area contributed by atoms with Crippen molar-refractivity contribution >= 4 is 21.8 Å². The molecule has 3 nitrogen and oxygen atoms in total. The Hall–Kier alpha value is -0.870. The molecule has 0 heterocycles. The van der Waals surface area contributed by atoms with Crippen LogP contribution >= 0.6 is 15.9 Å². The molecular formula is C15H20BrNO2. The first-order valence-corrected chi connectivity index (χ1v) is 7.58. The number of hydrogen-bond donors (Lipinski definition) is 2. The highest BCUT2D eigenvalue weighted by molar-refractivity contribution is 9.10. The first-order chi connectivity index (χ1) is 9.06. The molecule has 0 aromatic heterocycles. The monoisotopic (exact) mass is 325 g/mol. The number of nitrogens with one attached hydrogen (secondary N) is 1. The zero-order chi connectivity index (χ0) is 13.8. The fourth-order valence-corrected chi connectivity index (χ4v) is 3.26. The summed E-state index contributed by atoms with van der Waals surface area (Å²) in [5.41, 5.74) is 1.79. The van der Waals surface area contributed by atoms with E-state index in [2.05, 4.69) is 21.2 Å². The third-order valence-electron chi connectivity index (χ3n) is 3.68. The topological polar surface area (TPSA) is 49.3 Å². The van der Waals surface area contributed by atoms with Crippen molar-refractivity contribution in [3.63, 3.8) is 0 Å². The van der Waals surface area contributed by atoms with Gasteiger partial charge in [-0.15, -0.1) is 0 Å². The Morgan fingerprint density at radius 2 is 2.26 bits per heavy atom. The van der Waals surface area contributed by atoms with E-state index in [4.69, 9.17) is 0 Å². The quantitative estimate of drug-likeness (QED) is 0.897. The molecule has 4 heteroatoms. The molecule has 0 saturated heterocycles. The standard InChI is InChI=1S/C15H20BrNO2/c1-10-5-6-13(14(16)7-10)15(19)17-9-11-3-2-4-12(18)8-11/h5-7,11-12,18H,2-4,8-9H2,1H3,(H,17,19). The molecule has 1 aliphatic rings. The number of hydrogen-bond acceptors (Lipinski definition) is 2. The van der Waals surface area contributed by atoms with E-state index < -0.39 is 0 Å². The van der Waals surface area contributed by atoms with Gasteiger partial charge >= 0.3 is 0 Å². The minimum atomic E-state index is -0.193. The Bertz CT molecular complexity index is 461. The van der Waals surface area contributed by atoms with Crippen molar-refractivity contribution in [1.29, 1.82) is 0 Å². The summed E-state index contributed by atoms with van der Waals surface area (Å²) in [5, 5.41) is 12.6. The maximum Gasteiger partial charge on any atom is 0.252 e. The maximum absolute atomic E-state index is 12.1. The van der Waals surface area contributed by atoms with Crippen LogP contribution in [0.4, 0.5) is 0 Å². The van der Waals surface area contributed by atoms with Gasteiger partial charge in [-0.1, -0.05) is 12.5 Å². The van der Waals surface area contributed by atoms with Crippen molar-refractivity contribution in [2.45, 2.75) is 38.7 Å². The Balaban J connectivity index is 1.90. The van der Waals surface area contributed by atoms with Crippen molar-refractivity contribution in [2.75, 3.05) is 6.54 Å². The number of carbonyl (C=O) groups excluding carboxylic acids is 1. The lowest BCUT2D eigenvalue weighted by Crippen LogP contribution is -2.33. The summed E-state index contributed by atoms with van der Waals surface area (Å²) in [6.45, 7) is 2.64. The number of amides is 1. The van der Waals surface area contributed by atoms with E-state index in [-0.39, 0.29) is 12.0 Å². The van der Waals surface area contributed by atoms with Gasteiger partial charge in [0.1, 0.15) is 0 Å². The molecule has 2 N–H and O–H groups in total. The lowest BCUT2D eigenvalue weighted by Gasteiger charge is -2.25. The zero-order valence-electron chi connectivity index (χ0n) is 11.2. The van der Waals surface area contributed by atoms with Gasteiger partial charge in [-0.05, 0) is 65.7 Å². The molecule has 2 unspecified atom stereocenters. The van der Waals surface area contributed by atoms with Crippen LogP contribution in [0.1, 0.15) is 41.6 Å². The summed E-state index contributed by atoms with van der Waals surface area (Å²) in [6.07, 6.45) is 3.65. The van der Waals surface area contributed by atoms with Gasteiger partial charge in [0.2, 0.25) is 0 Å². The minimum Gasteiger partial charge on any atom is -0.393 e. The highest BCUT2D eigenvalue weighted by atomic mass is 79.9. The lowest BCUT2D eigenvalue weighted by molar-refractivity contribution is 0.0873. The van der Waals surface area contributed by atoms with Crippen LogP contribution in [0, 0.1) is 12.8 Å². The predicted octanol–water partition coefficient (Wildman–Crippen LogP) is 3.04. The molecule has 0 spiro atoms. The van der Waals surface area contributed by atoms with Gasteiger partial charge in [0.15, 0.2) is 0 Å². The van der Waals surface area contributed by atoms with Crippen LogP contribution in [0.15, 0.2) is 22.7 Å². The molecule has 1 aromatic rings. The molecule has 2 rings (SSSR count). The fourth-order valence-electron chi connectivity index (χ4n) is 2.58. The van der Waals surface area contributed by atoms with Crippen molar-refractivity contribution < 1.29 is 9.90 Å². The zero-order valence-corrected chi connectivity index (χ0v) is 12.7. The van der Waals surface area contributed by atoms with E-state index in [9.17, 15) is 9.90 Å². The van der Waals surface area contributed by atoms with Gasteiger partial charge in [0.25, 0.3) is 5.91 Å². The molecule has 1 fully saturated rings. The first-order valence-electron chi connectivity index (χ1n) is 6.78. The molecule has 0 bridgehead atoms. The average Bonchev–Trinajstić information content (AvgIpc) is 2.36. The highest BCUT2D eigenvalue weighted by Gasteiger charge is 2.21. The van der Waals surface area contributed by atoms with E-state index in [1.807, 2.05) is 25.1 Å². The van der Waals surface area contributed by atoms with Gasteiger partial charge in [0, 0.05) is 11.0 Å². The van der Waals surface area contributed by atoms with Crippen LogP contribution in [-0.2, 0) is 0 Å². The number of aliphatic hydroxyl groups is 1. The van der Waals surface area contributed by atoms with Crippen LogP contribution in [0.5, 0.6) is 0 Å². The number of rotatable bonds is 3. The summed E-state index contributed by atoms with van der Waals surface area (Å²) in [4.78, 5) is 12.1. The largest absolute Gasteiger partial charge is 0.393 e. The molecule has 19 heavy (non-hydrogen) atoms. The van der Waals surface area contributed by atoms with Crippen LogP contribution in [-0.4, -0.2) is 23.7 Å². The van der Waals surface area contributed by atoms with Crippen molar-refractivity contribution in [2.24, 2.45) is 5.92 Å². The van der Waals surface area contributed by atoms with Crippen molar-refractivity contribution in [1.82, 2.24) is 5.32 Å². The lowest BCUT2D eigenvalue weighted by atomic mass is 9.87. The van der Waals surface area contributed by atoms with E-state index in [1.54, 1.807) is 0 Å². The Morgan fingerprint density at radius 3 is 2.95 bits per heavy atom. The van der Waals surface area contributed by atoms with Gasteiger partial charge in [-0.2, -0.15) is 0 Å². The Kier molecular flexibility index (Phi) is 4.99. The smallest absolute Gasteiger partial charge is 0.252 e. The summed E-state index contributed by atoms with van der Waals surface area (Å²) in [5.74, 6) is 0.351. The van der Waals surface area contributed by atoms with Crippen LogP contribution in [0.25, 0.3) is 0 Å². The molecule has 1 aliphatic carbocycles. The molecule has 0 radical (unpaired) electrons. The molecule has 104 valence electrons. The van der Waals surface area contributed by atoms with E-state index in [0.29, 0.717) is 18.0 Å². The van der Waals surface area contributed by atoms with E-state index >= 15 is 0 Å². The number of halogens is 1. The van der Waals surface area contributed by atoms with Crippen LogP contribution < -0.4 is 5.32 Å². The van der Waals surface area contributed by atoms with Crippen LogP contribution in [0.3, 0.4) is 0 Å². The SMILES string of the molecule is Cc1ccc(C(=O)NCC2CCCC(O)C2)c(Br)c1. The van der Waals surface area contributed by atoms with Gasteiger partial charge in [0.05, 0.1) is 11.7 Å². The molecule has 0 aliphatic heterocycles. The number of carbonyl (C=O) groups is 1. The minimum absolute atomic E-state index is 0.0491. The average molecular weight is 326 g/mol. The molecule has 1 amide bonds. The van der Waals surface area contributed by atoms with Gasteiger partial charge in [-0.3, -0.25) is 4.79 Å².